The summed E-state index contributed by atoms with van der Waals surface area (Å²) >= 11 is 0. The minimum atomic E-state index is 0.0204. The van der Waals surface area contributed by atoms with Gasteiger partial charge in [0.1, 0.15) is 6.10 Å². The molecule has 0 radical (unpaired) electrons. The summed E-state index contributed by atoms with van der Waals surface area (Å²) in [6.45, 7) is 24.7. The van der Waals surface area contributed by atoms with Crippen molar-refractivity contribution >= 4 is 5.97 Å². The van der Waals surface area contributed by atoms with E-state index >= 15 is 0 Å². The summed E-state index contributed by atoms with van der Waals surface area (Å²) in [4.78, 5) is 13.2. The molecule has 0 amide bonds. The number of carbonyl (C=O) groups is 1. The van der Waals surface area contributed by atoms with E-state index in [-0.39, 0.29) is 22.9 Å². The van der Waals surface area contributed by atoms with Crippen molar-refractivity contribution in [1.29, 1.82) is 0 Å². The molecule has 2 nitrogen and oxygen atoms in total. The standard InChI is InChI=1S/C46H78O2/c1-10-11-12-13-14-15-16-17-18-19-20-21-22-23-40(47)48-39-28-30-44(7)37(42(39,4)5)27-31-46(9)38(44)25-24-36-41-35(34(2)3)26-29-43(41,6)32-33-45(36,46)8/h24,35,37-39,41H,2,10-23,25-33H2,1,3-9H3. The van der Waals surface area contributed by atoms with Gasteiger partial charge in [0, 0.05) is 11.8 Å². The molecule has 0 heterocycles. The Morgan fingerprint density at radius 3 is 1.96 bits per heavy atom. The fraction of sp³-hybridized carbons (Fsp3) is 0.891. The summed E-state index contributed by atoms with van der Waals surface area (Å²) in [7, 11) is 0. The summed E-state index contributed by atoms with van der Waals surface area (Å²) in [5, 5.41) is 0. The Morgan fingerprint density at radius 2 is 1.35 bits per heavy atom. The van der Waals surface area contributed by atoms with Gasteiger partial charge in [0.25, 0.3) is 0 Å². The number of carbonyl (C=O) groups excluding carboxylic acids is 1. The maximum Gasteiger partial charge on any atom is 0.306 e. The zero-order chi connectivity index (χ0) is 34.8. The smallest absolute Gasteiger partial charge is 0.306 e. The Balaban J connectivity index is 1.12. The zero-order valence-electron chi connectivity index (χ0n) is 33.3. The van der Waals surface area contributed by atoms with E-state index in [4.69, 9.17) is 4.74 Å². The Labute approximate surface area is 298 Å². The molecule has 5 aliphatic rings. The van der Waals surface area contributed by atoms with Crippen LogP contribution in [0.3, 0.4) is 0 Å². The van der Waals surface area contributed by atoms with E-state index in [2.05, 4.69) is 68.0 Å². The van der Waals surface area contributed by atoms with Crippen LogP contribution in [0.5, 0.6) is 0 Å². The van der Waals surface area contributed by atoms with Crippen LogP contribution in [0.1, 0.15) is 203 Å². The molecule has 4 fully saturated rings. The lowest BCUT2D eigenvalue weighted by Crippen LogP contribution is -2.64. The number of unbranched alkanes of at least 4 members (excludes halogenated alkanes) is 12. The van der Waals surface area contributed by atoms with Gasteiger partial charge in [-0.05, 0) is 116 Å². The van der Waals surface area contributed by atoms with Crippen LogP contribution in [0, 0.1) is 50.7 Å². The molecule has 0 aromatic heterocycles. The summed E-state index contributed by atoms with van der Waals surface area (Å²) in [6, 6.07) is 0. The first-order valence-corrected chi connectivity index (χ1v) is 21.3. The predicted molar refractivity (Wildman–Crippen MR) is 205 cm³/mol. The third kappa shape index (κ3) is 7.05. The quantitative estimate of drug-likeness (QED) is 0.0934. The highest BCUT2D eigenvalue weighted by atomic mass is 16.5. The summed E-state index contributed by atoms with van der Waals surface area (Å²) in [6.07, 6.45) is 32.3. The fourth-order valence-electron chi connectivity index (χ4n) is 13.4. The Hall–Kier alpha value is -1.05. The third-order valence-electron chi connectivity index (χ3n) is 16.6. The Bertz CT molecular complexity index is 1150. The molecule has 0 aliphatic heterocycles. The number of allylic oxidation sites excluding steroid dienone is 3. The topological polar surface area (TPSA) is 26.3 Å². The normalized spacial score (nSPS) is 39.8. The van der Waals surface area contributed by atoms with E-state index in [0.717, 1.165) is 12.8 Å². The minimum absolute atomic E-state index is 0.0204. The van der Waals surface area contributed by atoms with Gasteiger partial charge in [-0.15, -0.1) is 0 Å². The molecular formula is C46H78O2. The van der Waals surface area contributed by atoms with Gasteiger partial charge in [0.05, 0.1) is 0 Å². The number of ether oxygens (including phenoxy) is 1. The zero-order valence-corrected chi connectivity index (χ0v) is 33.3. The van der Waals surface area contributed by atoms with E-state index < -0.39 is 0 Å². The lowest BCUT2D eigenvalue weighted by Gasteiger charge is -2.70. The number of hydrogen-bond acceptors (Lipinski definition) is 2. The van der Waals surface area contributed by atoms with Crippen molar-refractivity contribution in [2.75, 3.05) is 0 Å². The molecule has 48 heavy (non-hydrogen) atoms. The third-order valence-corrected chi connectivity index (χ3v) is 16.6. The largest absolute Gasteiger partial charge is 0.462 e. The maximum absolute atomic E-state index is 13.2. The molecule has 5 aliphatic carbocycles. The second kappa shape index (κ2) is 15.3. The van der Waals surface area contributed by atoms with Crippen molar-refractivity contribution in [1.82, 2.24) is 0 Å². The molecule has 0 bridgehead atoms. The molecule has 0 aromatic carbocycles. The summed E-state index contributed by atoms with van der Waals surface area (Å²) in [5.74, 6) is 2.73. The molecule has 9 unspecified atom stereocenters. The van der Waals surface area contributed by atoms with Gasteiger partial charge in [0.2, 0.25) is 0 Å². The molecule has 9 atom stereocenters. The minimum Gasteiger partial charge on any atom is -0.462 e. The Kier molecular flexibility index (Phi) is 12.2. The van der Waals surface area contributed by atoms with Crippen molar-refractivity contribution in [2.24, 2.45) is 50.7 Å². The van der Waals surface area contributed by atoms with E-state index in [1.807, 2.05) is 5.57 Å². The van der Waals surface area contributed by atoms with Gasteiger partial charge in [-0.3, -0.25) is 4.79 Å². The van der Waals surface area contributed by atoms with Crippen LogP contribution >= 0.6 is 0 Å². The van der Waals surface area contributed by atoms with Gasteiger partial charge in [0.15, 0.2) is 0 Å². The van der Waals surface area contributed by atoms with Gasteiger partial charge in [-0.1, -0.05) is 149 Å². The van der Waals surface area contributed by atoms with Crippen molar-refractivity contribution in [3.63, 3.8) is 0 Å². The van der Waals surface area contributed by atoms with Crippen LogP contribution < -0.4 is 0 Å². The molecule has 0 spiro atoms. The predicted octanol–water partition coefficient (Wildman–Crippen LogP) is 14.0. The summed E-state index contributed by atoms with van der Waals surface area (Å²) in [5.41, 5.74) is 4.64. The van der Waals surface area contributed by atoms with Crippen molar-refractivity contribution < 1.29 is 9.53 Å². The van der Waals surface area contributed by atoms with Crippen LogP contribution in [-0.2, 0) is 9.53 Å². The highest BCUT2D eigenvalue weighted by Crippen LogP contribution is 2.76. The van der Waals surface area contributed by atoms with Crippen LogP contribution in [-0.4, -0.2) is 12.1 Å². The highest BCUT2D eigenvalue weighted by Gasteiger charge is 2.68. The number of fused-ring (bicyclic) bond motifs is 7. The van der Waals surface area contributed by atoms with E-state index in [0.29, 0.717) is 46.3 Å². The molecule has 0 aromatic rings. The second-order valence-electron chi connectivity index (χ2n) is 19.7. The van der Waals surface area contributed by atoms with Crippen LogP contribution in [0.2, 0.25) is 0 Å². The lowest BCUT2D eigenvalue weighted by atomic mass is 9.34. The van der Waals surface area contributed by atoms with E-state index in [1.165, 1.54) is 134 Å². The van der Waals surface area contributed by atoms with Crippen molar-refractivity contribution in [2.45, 2.75) is 209 Å². The molecule has 2 heteroatoms. The monoisotopic (exact) mass is 663 g/mol. The molecule has 274 valence electrons. The van der Waals surface area contributed by atoms with Crippen LogP contribution in [0.4, 0.5) is 0 Å². The Morgan fingerprint density at radius 1 is 0.750 bits per heavy atom. The number of rotatable bonds is 16. The first-order chi connectivity index (χ1) is 22.7. The molecule has 0 N–H and O–H groups in total. The first kappa shape index (κ1) is 38.2. The fourth-order valence-corrected chi connectivity index (χ4v) is 13.4. The van der Waals surface area contributed by atoms with Gasteiger partial charge in [-0.2, -0.15) is 0 Å². The molecule has 4 saturated carbocycles. The van der Waals surface area contributed by atoms with Gasteiger partial charge >= 0.3 is 5.97 Å². The molecule has 5 rings (SSSR count). The lowest BCUT2D eigenvalue weighted by molar-refractivity contribution is -0.211. The van der Waals surface area contributed by atoms with Crippen LogP contribution in [0.25, 0.3) is 0 Å². The van der Waals surface area contributed by atoms with Gasteiger partial charge < -0.3 is 4.74 Å². The highest BCUT2D eigenvalue weighted by molar-refractivity contribution is 5.69. The second-order valence-corrected chi connectivity index (χ2v) is 19.7. The van der Waals surface area contributed by atoms with E-state index in [9.17, 15) is 4.79 Å². The van der Waals surface area contributed by atoms with E-state index in [1.54, 1.807) is 0 Å². The first-order valence-electron chi connectivity index (χ1n) is 21.3. The molecular weight excluding hydrogens is 585 g/mol. The maximum atomic E-state index is 13.2. The number of esters is 1. The van der Waals surface area contributed by atoms with Gasteiger partial charge in [-0.25, -0.2) is 0 Å². The number of hydrogen-bond donors (Lipinski definition) is 0. The van der Waals surface area contributed by atoms with Crippen molar-refractivity contribution in [3.05, 3.63) is 23.8 Å². The van der Waals surface area contributed by atoms with Crippen LogP contribution in [0.15, 0.2) is 23.8 Å². The molecule has 0 saturated heterocycles. The average molecular weight is 663 g/mol. The SMILES string of the molecule is C=C(C)C1CCC2(C)CCC3(C)C(=CCC4C5(C)CCC(OC(=O)CCCCCCCCCCCCCCC)C(C)(C)C5CCC43C)C12. The summed E-state index contributed by atoms with van der Waals surface area (Å²) < 4.78 is 6.41. The van der Waals surface area contributed by atoms with Crippen molar-refractivity contribution in [3.8, 4) is 0 Å². The average Bonchev–Trinajstić information content (AvgIpc) is 3.39.